The van der Waals surface area contributed by atoms with E-state index in [-0.39, 0.29) is 25.0 Å². The fraction of sp³-hybridized carbons (Fsp3) is 0.889. The number of carbonyl (C=O) groups is 1. The molecular formula is C9H14ClF3N2O. The fourth-order valence-electron chi connectivity index (χ4n) is 2.03. The van der Waals surface area contributed by atoms with Crippen LogP contribution in [0.15, 0.2) is 0 Å². The van der Waals surface area contributed by atoms with Gasteiger partial charge < -0.3 is 10.2 Å². The molecule has 1 N–H and O–H groups in total. The number of carbonyl (C=O) groups excluding carboxylic acids is 1. The van der Waals surface area contributed by atoms with Crippen molar-refractivity contribution >= 4 is 18.3 Å². The Bertz CT molecular complexity index is 291. The first-order valence-corrected chi connectivity index (χ1v) is 4.97. The van der Waals surface area contributed by atoms with Gasteiger partial charge in [0.25, 0.3) is 0 Å². The van der Waals surface area contributed by atoms with Crippen molar-refractivity contribution in [2.24, 2.45) is 0 Å². The van der Waals surface area contributed by atoms with Gasteiger partial charge in [0.15, 0.2) is 0 Å². The molecule has 1 saturated heterocycles. The molecule has 1 atom stereocenters. The highest BCUT2D eigenvalue weighted by Gasteiger charge is 2.57. The maximum absolute atomic E-state index is 12.3. The summed E-state index contributed by atoms with van der Waals surface area (Å²) in [6.07, 6.45) is -3.39. The number of alkyl halides is 3. The topological polar surface area (TPSA) is 32.3 Å². The Labute approximate surface area is 97.8 Å². The van der Waals surface area contributed by atoms with Crippen LogP contribution >= 0.6 is 12.4 Å². The summed E-state index contributed by atoms with van der Waals surface area (Å²) in [5.41, 5.74) is -0.543. The first kappa shape index (κ1) is 13.6. The molecule has 0 aromatic carbocycles. The van der Waals surface area contributed by atoms with Gasteiger partial charge in [0.2, 0.25) is 0 Å². The van der Waals surface area contributed by atoms with Crippen molar-refractivity contribution < 1.29 is 18.0 Å². The van der Waals surface area contributed by atoms with E-state index >= 15 is 0 Å². The Hall–Kier alpha value is -0.490. The molecule has 1 aliphatic heterocycles. The van der Waals surface area contributed by atoms with E-state index in [2.05, 4.69) is 5.32 Å². The third-order valence-electron chi connectivity index (χ3n) is 3.12. The van der Waals surface area contributed by atoms with Crippen LogP contribution in [0.25, 0.3) is 0 Å². The monoisotopic (exact) mass is 258 g/mol. The summed E-state index contributed by atoms with van der Waals surface area (Å²) in [7, 11) is 0. The Kier molecular flexibility index (Phi) is 3.45. The van der Waals surface area contributed by atoms with Gasteiger partial charge in [-0.3, -0.25) is 4.79 Å². The third-order valence-corrected chi connectivity index (χ3v) is 3.12. The van der Waals surface area contributed by atoms with E-state index in [9.17, 15) is 18.0 Å². The number of nitrogens with one attached hydrogen (secondary N) is 1. The molecule has 1 aliphatic carbocycles. The minimum absolute atomic E-state index is 0. The molecule has 2 fully saturated rings. The van der Waals surface area contributed by atoms with E-state index in [1.165, 1.54) is 0 Å². The summed E-state index contributed by atoms with van der Waals surface area (Å²) in [5.74, 6) is -1.69. The van der Waals surface area contributed by atoms with Gasteiger partial charge in [0.05, 0.1) is 5.54 Å². The molecule has 16 heavy (non-hydrogen) atoms. The number of nitrogens with zero attached hydrogens (tertiary/aromatic N) is 1. The van der Waals surface area contributed by atoms with Crippen LogP contribution in [0.1, 0.15) is 19.8 Å². The number of amides is 1. The van der Waals surface area contributed by atoms with Gasteiger partial charge in [-0.25, -0.2) is 0 Å². The molecule has 0 bridgehead atoms. The second-order valence-electron chi connectivity index (χ2n) is 4.42. The lowest BCUT2D eigenvalue weighted by Gasteiger charge is -2.40. The summed E-state index contributed by atoms with van der Waals surface area (Å²) in [6.45, 7) is 2.42. The van der Waals surface area contributed by atoms with E-state index in [0.717, 1.165) is 4.90 Å². The molecule has 2 rings (SSSR count). The van der Waals surface area contributed by atoms with Crippen molar-refractivity contribution in [2.45, 2.75) is 37.5 Å². The van der Waals surface area contributed by atoms with Crippen LogP contribution in [-0.2, 0) is 4.79 Å². The van der Waals surface area contributed by atoms with E-state index in [4.69, 9.17) is 0 Å². The summed E-state index contributed by atoms with van der Waals surface area (Å²) < 4.78 is 37.0. The Morgan fingerprint density at radius 2 is 2.00 bits per heavy atom. The molecule has 2 aliphatic rings. The SMILES string of the molecule is C[C@H]1CN(C(=O)C(F)(F)F)C2(CC2)CN1.Cl. The molecule has 3 nitrogen and oxygen atoms in total. The quantitative estimate of drug-likeness (QED) is 0.711. The van der Waals surface area contributed by atoms with Crippen LogP contribution in [0, 0.1) is 0 Å². The van der Waals surface area contributed by atoms with Crippen LogP contribution in [0.5, 0.6) is 0 Å². The summed E-state index contributed by atoms with van der Waals surface area (Å²) >= 11 is 0. The summed E-state index contributed by atoms with van der Waals surface area (Å²) in [4.78, 5) is 12.2. The predicted octanol–water partition coefficient (Wildman–Crippen LogP) is 1.32. The third kappa shape index (κ3) is 2.27. The maximum Gasteiger partial charge on any atom is 0.471 e. The van der Waals surface area contributed by atoms with E-state index < -0.39 is 17.6 Å². The van der Waals surface area contributed by atoms with Crippen LogP contribution in [0.3, 0.4) is 0 Å². The normalized spacial score (nSPS) is 27.5. The second kappa shape index (κ2) is 4.07. The van der Waals surface area contributed by atoms with Crippen molar-refractivity contribution in [1.29, 1.82) is 0 Å². The van der Waals surface area contributed by atoms with Crippen LogP contribution in [0.2, 0.25) is 0 Å². The summed E-state index contributed by atoms with van der Waals surface area (Å²) in [5, 5.41) is 3.11. The molecule has 0 unspecified atom stereocenters. The minimum Gasteiger partial charge on any atom is -0.326 e. The van der Waals surface area contributed by atoms with Crippen molar-refractivity contribution in [3.8, 4) is 0 Å². The van der Waals surface area contributed by atoms with Gasteiger partial charge in [-0.2, -0.15) is 13.2 Å². The molecule has 94 valence electrons. The van der Waals surface area contributed by atoms with Gasteiger partial charge >= 0.3 is 12.1 Å². The molecule has 1 spiro atoms. The highest BCUT2D eigenvalue weighted by molar-refractivity contribution is 5.85. The van der Waals surface area contributed by atoms with Gasteiger partial charge in [0.1, 0.15) is 0 Å². The lowest BCUT2D eigenvalue weighted by Crippen LogP contribution is -2.61. The minimum atomic E-state index is -4.74. The zero-order chi connectivity index (χ0) is 11.3. The standard InChI is InChI=1S/C9H13F3N2O.ClH/c1-6-4-14(7(15)9(10,11)12)8(2-3-8)5-13-6;/h6,13H,2-5H2,1H3;1H/t6-;/m0./s1. The first-order chi connectivity index (χ1) is 6.85. The molecule has 7 heteroatoms. The summed E-state index contributed by atoms with van der Waals surface area (Å²) in [6, 6.07) is -0.0671. The zero-order valence-electron chi connectivity index (χ0n) is 8.80. The second-order valence-corrected chi connectivity index (χ2v) is 4.42. The van der Waals surface area contributed by atoms with Gasteiger partial charge in [-0.15, -0.1) is 12.4 Å². The molecule has 0 aromatic rings. The smallest absolute Gasteiger partial charge is 0.326 e. The Balaban J connectivity index is 0.00000128. The highest BCUT2D eigenvalue weighted by Crippen LogP contribution is 2.44. The Morgan fingerprint density at radius 1 is 1.44 bits per heavy atom. The van der Waals surface area contributed by atoms with Gasteiger partial charge in [0, 0.05) is 19.1 Å². The van der Waals surface area contributed by atoms with E-state index in [1.54, 1.807) is 6.92 Å². The largest absolute Gasteiger partial charge is 0.471 e. The predicted molar refractivity (Wildman–Crippen MR) is 54.4 cm³/mol. The highest BCUT2D eigenvalue weighted by atomic mass is 35.5. The van der Waals surface area contributed by atoms with Crippen LogP contribution in [-0.4, -0.2) is 41.7 Å². The first-order valence-electron chi connectivity index (χ1n) is 4.97. The molecular weight excluding hydrogens is 245 g/mol. The van der Waals surface area contributed by atoms with E-state index in [1.807, 2.05) is 0 Å². The van der Waals surface area contributed by atoms with Crippen molar-refractivity contribution in [2.75, 3.05) is 13.1 Å². The van der Waals surface area contributed by atoms with Crippen LogP contribution < -0.4 is 5.32 Å². The maximum atomic E-state index is 12.3. The molecule has 0 radical (unpaired) electrons. The number of hydrogen-bond donors (Lipinski definition) is 1. The van der Waals surface area contributed by atoms with E-state index in [0.29, 0.717) is 19.4 Å². The van der Waals surface area contributed by atoms with Gasteiger partial charge in [-0.1, -0.05) is 0 Å². The number of piperazine rings is 1. The van der Waals surface area contributed by atoms with Crippen LogP contribution in [0.4, 0.5) is 13.2 Å². The van der Waals surface area contributed by atoms with Crippen molar-refractivity contribution in [3.05, 3.63) is 0 Å². The van der Waals surface area contributed by atoms with Gasteiger partial charge in [-0.05, 0) is 19.8 Å². The molecule has 0 aromatic heterocycles. The molecule has 1 amide bonds. The lowest BCUT2D eigenvalue weighted by molar-refractivity contribution is -0.190. The lowest BCUT2D eigenvalue weighted by atomic mass is 10.1. The Morgan fingerprint density at radius 3 is 2.44 bits per heavy atom. The number of hydrogen-bond acceptors (Lipinski definition) is 2. The zero-order valence-corrected chi connectivity index (χ0v) is 9.62. The molecule has 1 saturated carbocycles. The number of halogens is 4. The fourth-order valence-corrected chi connectivity index (χ4v) is 2.03. The average Bonchev–Trinajstić information content (AvgIpc) is 2.88. The average molecular weight is 259 g/mol. The van der Waals surface area contributed by atoms with Crippen molar-refractivity contribution in [3.63, 3.8) is 0 Å². The van der Waals surface area contributed by atoms with Crippen molar-refractivity contribution in [1.82, 2.24) is 10.2 Å². The number of rotatable bonds is 0. The molecule has 1 heterocycles.